The summed E-state index contributed by atoms with van der Waals surface area (Å²) in [5.41, 5.74) is 1.33. The van der Waals surface area contributed by atoms with Crippen LogP contribution < -0.4 is 4.31 Å². The lowest BCUT2D eigenvalue weighted by molar-refractivity contribution is -0.155. The summed E-state index contributed by atoms with van der Waals surface area (Å²) in [7, 11) is -2.62. The van der Waals surface area contributed by atoms with Gasteiger partial charge in [0.1, 0.15) is 10.6 Å². The lowest BCUT2D eigenvalue weighted by Crippen LogP contribution is -2.28. The number of hydrogen-bond acceptors (Lipinski definition) is 5. The van der Waals surface area contributed by atoms with E-state index in [2.05, 4.69) is 9.68 Å². The van der Waals surface area contributed by atoms with Crippen LogP contribution in [0, 0.1) is 13.8 Å². The Kier molecular flexibility index (Phi) is 5.52. The molecule has 0 atom stereocenters. The van der Waals surface area contributed by atoms with Crippen molar-refractivity contribution in [1.82, 2.24) is 5.16 Å². The summed E-state index contributed by atoms with van der Waals surface area (Å²) in [6.45, 7) is 5.19. The number of sulfonamides is 1. The van der Waals surface area contributed by atoms with Crippen molar-refractivity contribution in [2.45, 2.75) is 38.3 Å². The van der Waals surface area contributed by atoms with Crippen LogP contribution in [0.4, 0.5) is 18.9 Å². The molecule has 1 aromatic carbocycles. The van der Waals surface area contributed by atoms with E-state index in [0.717, 1.165) is 15.9 Å². The van der Waals surface area contributed by atoms with E-state index in [9.17, 15) is 21.6 Å². The van der Waals surface area contributed by atoms with E-state index in [1.807, 2.05) is 19.1 Å². The van der Waals surface area contributed by atoms with E-state index in [1.165, 1.54) is 18.4 Å². The fourth-order valence-electron chi connectivity index (χ4n) is 3.18. The SMILES string of the molecule is CCc1ccccc1N(C)S(=O)(=O)c1c(C)sc(C)c1-c1cc(C(F)(F)F)on1. The zero-order chi connectivity index (χ0) is 21.6. The molecule has 29 heavy (non-hydrogen) atoms. The monoisotopic (exact) mass is 444 g/mol. The van der Waals surface area contributed by atoms with Crippen LogP contribution in [0.5, 0.6) is 0 Å². The van der Waals surface area contributed by atoms with E-state index < -0.39 is 22.0 Å². The Morgan fingerprint density at radius 2 is 1.83 bits per heavy atom. The number of benzene rings is 1. The van der Waals surface area contributed by atoms with Crippen LogP contribution in [0.1, 0.15) is 28.0 Å². The Morgan fingerprint density at radius 1 is 1.17 bits per heavy atom. The molecule has 0 saturated carbocycles. The first kappa shape index (κ1) is 21.4. The molecule has 2 heterocycles. The Hall–Kier alpha value is -2.33. The molecule has 3 aromatic rings. The molecule has 0 bridgehead atoms. The van der Waals surface area contributed by atoms with Gasteiger partial charge in [0.15, 0.2) is 0 Å². The molecule has 0 spiro atoms. The number of halogens is 3. The average molecular weight is 445 g/mol. The Balaban J connectivity index is 2.17. The highest BCUT2D eigenvalue weighted by Gasteiger charge is 2.38. The predicted octanol–water partition coefficient (Wildman–Crippen LogP) is 5.43. The van der Waals surface area contributed by atoms with Crippen molar-refractivity contribution in [2.75, 3.05) is 11.4 Å². The summed E-state index contributed by atoms with van der Waals surface area (Å²) in [5, 5.41) is 3.50. The second kappa shape index (κ2) is 7.49. The number of para-hydroxylation sites is 1. The topological polar surface area (TPSA) is 63.4 Å². The van der Waals surface area contributed by atoms with Gasteiger partial charge in [-0.1, -0.05) is 30.3 Å². The van der Waals surface area contributed by atoms with Crippen LogP contribution in [0.3, 0.4) is 0 Å². The number of aryl methyl sites for hydroxylation is 3. The normalized spacial score (nSPS) is 12.4. The quantitative estimate of drug-likeness (QED) is 0.527. The molecule has 0 radical (unpaired) electrons. The van der Waals surface area contributed by atoms with E-state index in [0.29, 0.717) is 21.9 Å². The Labute approximate surface area is 170 Å². The highest BCUT2D eigenvalue weighted by atomic mass is 32.2. The number of anilines is 1. The zero-order valence-corrected chi connectivity index (χ0v) is 17.8. The van der Waals surface area contributed by atoms with Gasteiger partial charge in [-0.15, -0.1) is 11.3 Å². The molecule has 0 saturated heterocycles. The van der Waals surface area contributed by atoms with Crippen LogP contribution in [0.25, 0.3) is 11.3 Å². The molecule has 0 amide bonds. The maximum atomic E-state index is 13.5. The van der Waals surface area contributed by atoms with Crippen molar-refractivity contribution in [1.29, 1.82) is 0 Å². The van der Waals surface area contributed by atoms with Gasteiger partial charge in [-0.05, 0) is 31.9 Å². The molecule has 0 aliphatic heterocycles. The summed E-state index contributed by atoms with van der Waals surface area (Å²) < 4.78 is 71.3. The van der Waals surface area contributed by atoms with Crippen molar-refractivity contribution in [3.63, 3.8) is 0 Å². The van der Waals surface area contributed by atoms with E-state index in [4.69, 9.17) is 0 Å². The fourth-order valence-corrected chi connectivity index (χ4v) is 6.24. The minimum atomic E-state index is -4.71. The van der Waals surface area contributed by atoms with Gasteiger partial charge in [0.05, 0.1) is 5.69 Å². The van der Waals surface area contributed by atoms with Gasteiger partial charge < -0.3 is 4.52 Å². The molecule has 0 aliphatic carbocycles. The Morgan fingerprint density at radius 3 is 2.41 bits per heavy atom. The second-order valence-corrected chi connectivity index (χ2v) is 9.78. The van der Waals surface area contributed by atoms with Crippen LogP contribution in [0.2, 0.25) is 0 Å². The summed E-state index contributed by atoms with van der Waals surface area (Å²) in [4.78, 5) is 0.950. The molecule has 156 valence electrons. The molecule has 10 heteroatoms. The van der Waals surface area contributed by atoms with Gasteiger partial charge >= 0.3 is 6.18 Å². The number of hydrogen-bond donors (Lipinski definition) is 0. The largest absolute Gasteiger partial charge is 0.452 e. The van der Waals surface area contributed by atoms with Crippen molar-refractivity contribution in [3.8, 4) is 11.3 Å². The van der Waals surface area contributed by atoms with E-state index >= 15 is 0 Å². The summed E-state index contributed by atoms with van der Waals surface area (Å²) >= 11 is 1.19. The van der Waals surface area contributed by atoms with Crippen molar-refractivity contribution in [3.05, 3.63) is 51.4 Å². The first-order chi connectivity index (χ1) is 13.5. The van der Waals surface area contributed by atoms with Crippen LogP contribution >= 0.6 is 11.3 Å². The lowest BCUT2D eigenvalue weighted by atomic mass is 10.1. The molecular weight excluding hydrogens is 425 g/mol. The van der Waals surface area contributed by atoms with Gasteiger partial charge in [-0.25, -0.2) is 8.42 Å². The third-order valence-electron chi connectivity index (χ3n) is 4.58. The standard InChI is InChI=1S/C19H19F3N2O3S2/c1-5-13-8-6-7-9-15(13)24(4)29(25,26)18-12(3)28-11(2)17(18)14-10-16(27-23-14)19(20,21)22/h6-10H,5H2,1-4H3. The van der Waals surface area contributed by atoms with Crippen molar-refractivity contribution < 1.29 is 26.1 Å². The molecule has 0 N–H and O–H groups in total. The van der Waals surface area contributed by atoms with E-state index in [1.54, 1.807) is 26.0 Å². The van der Waals surface area contributed by atoms with Gasteiger partial charge in [0.25, 0.3) is 10.0 Å². The van der Waals surface area contributed by atoms with Crippen LogP contribution in [-0.2, 0) is 22.6 Å². The summed E-state index contributed by atoms with van der Waals surface area (Å²) in [6.07, 6.45) is -4.08. The van der Waals surface area contributed by atoms with Gasteiger partial charge in [-0.3, -0.25) is 4.31 Å². The Bertz CT molecular complexity index is 1150. The average Bonchev–Trinajstić information content (AvgIpc) is 3.25. The molecule has 0 unspecified atom stereocenters. The first-order valence-corrected chi connectivity index (χ1v) is 10.9. The van der Waals surface area contributed by atoms with E-state index in [-0.39, 0.29) is 16.2 Å². The summed E-state index contributed by atoms with van der Waals surface area (Å²) in [5.74, 6) is -1.27. The molecule has 3 rings (SSSR count). The highest BCUT2D eigenvalue weighted by Crippen LogP contribution is 2.42. The van der Waals surface area contributed by atoms with Crippen LogP contribution in [0.15, 0.2) is 39.8 Å². The number of aromatic nitrogens is 1. The third-order valence-corrected chi connectivity index (χ3v) is 7.67. The second-order valence-electron chi connectivity index (χ2n) is 6.45. The molecule has 0 fully saturated rings. The zero-order valence-electron chi connectivity index (χ0n) is 16.2. The number of thiophene rings is 1. The molecule has 2 aromatic heterocycles. The fraction of sp³-hybridized carbons (Fsp3) is 0.316. The minimum Gasteiger partial charge on any atom is -0.351 e. The van der Waals surface area contributed by atoms with Crippen molar-refractivity contribution in [2.24, 2.45) is 0 Å². The predicted molar refractivity (Wildman–Crippen MR) is 106 cm³/mol. The van der Waals surface area contributed by atoms with Crippen LogP contribution in [-0.4, -0.2) is 20.6 Å². The van der Waals surface area contributed by atoms with Crippen molar-refractivity contribution >= 4 is 27.0 Å². The maximum absolute atomic E-state index is 13.5. The summed E-state index contributed by atoms with van der Waals surface area (Å²) in [6, 6.07) is 7.82. The minimum absolute atomic E-state index is 0.0598. The van der Waals surface area contributed by atoms with Gasteiger partial charge in [0.2, 0.25) is 5.76 Å². The van der Waals surface area contributed by atoms with Gasteiger partial charge in [-0.2, -0.15) is 13.2 Å². The highest BCUT2D eigenvalue weighted by molar-refractivity contribution is 7.93. The first-order valence-electron chi connectivity index (χ1n) is 8.69. The molecule has 0 aliphatic rings. The lowest BCUT2D eigenvalue weighted by Gasteiger charge is -2.22. The number of alkyl halides is 3. The molecular formula is C19H19F3N2O3S2. The third kappa shape index (κ3) is 3.78. The number of nitrogens with zero attached hydrogens (tertiary/aromatic N) is 2. The number of rotatable bonds is 5. The smallest absolute Gasteiger partial charge is 0.351 e. The maximum Gasteiger partial charge on any atom is 0.452 e. The molecule has 5 nitrogen and oxygen atoms in total. The van der Waals surface area contributed by atoms with Gasteiger partial charge in [0, 0.05) is 28.4 Å².